The summed E-state index contributed by atoms with van der Waals surface area (Å²) in [6, 6.07) is 17.3. The second kappa shape index (κ2) is 7.31. The molecule has 3 rings (SSSR count). The standard InChI is InChI=1S/C18H17ClN2O2/c19-15-8-4-5-9-16(15)20-17(13-6-2-1-3-7-13)18-14(10-11-22)12-23-21-18/h1-9,12,17,20,22H,10-11H2. The molecule has 1 atom stereocenters. The molecule has 0 amide bonds. The van der Waals surface area contributed by atoms with E-state index in [0.717, 1.165) is 22.5 Å². The van der Waals surface area contributed by atoms with Gasteiger partial charge >= 0.3 is 0 Å². The molecule has 0 aliphatic rings. The van der Waals surface area contributed by atoms with Crippen LogP contribution in [0.2, 0.25) is 5.02 Å². The third-order valence-electron chi connectivity index (χ3n) is 3.64. The maximum atomic E-state index is 9.24. The number of nitrogens with one attached hydrogen (secondary N) is 1. The number of anilines is 1. The summed E-state index contributed by atoms with van der Waals surface area (Å²) in [7, 11) is 0. The van der Waals surface area contributed by atoms with Crippen molar-refractivity contribution in [2.75, 3.05) is 11.9 Å². The normalized spacial score (nSPS) is 12.1. The number of rotatable bonds is 6. The quantitative estimate of drug-likeness (QED) is 0.716. The van der Waals surface area contributed by atoms with Crippen LogP contribution < -0.4 is 5.32 Å². The molecule has 1 aromatic heterocycles. The molecule has 118 valence electrons. The minimum Gasteiger partial charge on any atom is -0.396 e. The first-order valence-electron chi connectivity index (χ1n) is 7.39. The minimum absolute atomic E-state index is 0.0435. The Morgan fingerprint density at radius 2 is 1.83 bits per heavy atom. The number of aromatic nitrogens is 1. The number of hydrogen-bond acceptors (Lipinski definition) is 4. The van der Waals surface area contributed by atoms with Gasteiger partial charge in [-0.3, -0.25) is 0 Å². The second-order valence-corrected chi connectivity index (χ2v) is 5.57. The van der Waals surface area contributed by atoms with Crippen LogP contribution in [0.4, 0.5) is 5.69 Å². The number of aliphatic hydroxyl groups is 1. The number of para-hydroxylation sites is 1. The predicted molar refractivity (Wildman–Crippen MR) is 90.7 cm³/mol. The van der Waals surface area contributed by atoms with Gasteiger partial charge in [-0.25, -0.2) is 0 Å². The van der Waals surface area contributed by atoms with Gasteiger partial charge in [0.05, 0.1) is 16.8 Å². The molecule has 3 aromatic rings. The van der Waals surface area contributed by atoms with Gasteiger partial charge in [0, 0.05) is 18.6 Å². The molecule has 0 spiro atoms. The van der Waals surface area contributed by atoms with Gasteiger partial charge in [0.25, 0.3) is 0 Å². The first-order valence-corrected chi connectivity index (χ1v) is 7.77. The lowest BCUT2D eigenvalue weighted by Crippen LogP contribution is -2.15. The van der Waals surface area contributed by atoms with Gasteiger partial charge in [-0.1, -0.05) is 59.2 Å². The zero-order valence-electron chi connectivity index (χ0n) is 12.4. The lowest BCUT2D eigenvalue weighted by atomic mass is 9.99. The summed E-state index contributed by atoms with van der Waals surface area (Å²) in [6.07, 6.45) is 2.07. The van der Waals surface area contributed by atoms with Crippen molar-refractivity contribution < 1.29 is 9.63 Å². The second-order valence-electron chi connectivity index (χ2n) is 5.17. The first-order chi connectivity index (χ1) is 11.3. The van der Waals surface area contributed by atoms with Crippen molar-refractivity contribution in [1.29, 1.82) is 0 Å². The molecule has 5 heteroatoms. The van der Waals surface area contributed by atoms with Gasteiger partial charge in [0.2, 0.25) is 0 Å². The zero-order chi connectivity index (χ0) is 16.1. The van der Waals surface area contributed by atoms with Gasteiger partial charge in [-0.05, 0) is 17.7 Å². The van der Waals surface area contributed by atoms with Gasteiger partial charge < -0.3 is 14.9 Å². The Balaban J connectivity index is 2.01. The highest BCUT2D eigenvalue weighted by atomic mass is 35.5. The van der Waals surface area contributed by atoms with Crippen molar-refractivity contribution >= 4 is 17.3 Å². The zero-order valence-corrected chi connectivity index (χ0v) is 13.2. The molecular weight excluding hydrogens is 312 g/mol. The Bertz CT molecular complexity index is 758. The number of nitrogens with zero attached hydrogens (tertiary/aromatic N) is 1. The largest absolute Gasteiger partial charge is 0.396 e. The van der Waals surface area contributed by atoms with Crippen LogP contribution in [0.15, 0.2) is 65.4 Å². The van der Waals surface area contributed by atoms with E-state index >= 15 is 0 Å². The van der Waals surface area contributed by atoms with Crippen LogP contribution in [-0.2, 0) is 6.42 Å². The fourth-order valence-corrected chi connectivity index (χ4v) is 2.69. The molecule has 0 saturated heterocycles. The average molecular weight is 329 g/mol. The fraction of sp³-hybridized carbons (Fsp3) is 0.167. The van der Waals surface area contributed by atoms with E-state index in [1.54, 1.807) is 6.26 Å². The molecule has 0 bridgehead atoms. The predicted octanol–water partition coefficient (Wildman–Crippen LogP) is 4.06. The van der Waals surface area contributed by atoms with Crippen LogP contribution in [0.3, 0.4) is 0 Å². The summed E-state index contributed by atoms with van der Waals surface area (Å²) < 4.78 is 5.13. The van der Waals surface area contributed by atoms with Crippen molar-refractivity contribution in [1.82, 2.24) is 5.16 Å². The third-order valence-corrected chi connectivity index (χ3v) is 3.97. The van der Waals surface area contributed by atoms with E-state index in [1.807, 2.05) is 54.6 Å². The summed E-state index contributed by atoms with van der Waals surface area (Å²) in [6.45, 7) is 0.0435. The topological polar surface area (TPSA) is 58.3 Å². The van der Waals surface area contributed by atoms with E-state index in [2.05, 4.69) is 10.5 Å². The molecule has 0 radical (unpaired) electrons. The summed E-state index contributed by atoms with van der Waals surface area (Å²) in [5, 5.41) is 17.5. The maximum Gasteiger partial charge on any atom is 0.127 e. The molecular formula is C18H17ClN2O2. The van der Waals surface area contributed by atoms with Gasteiger partial charge in [-0.2, -0.15) is 0 Å². The highest BCUT2D eigenvalue weighted by molar-refractivity contribution is 6.33. The monoisotopic (exact) mass is 328 g/mol. The molecule has 0 saturated carbocycles. The van der Waals surface area contributed by atoms with Gasteiger partial charge in [-0.15, -0.1) is 0 Å². The Morgan fingerprint density at radius 1 is 1.09 bits per heavy atom. The van der Waals surface area contributed by atoms with E-state index in [-0.39, 0.29) is 12.6 Å². The molecule has 0 aliphatic carbocycles. The molecule has 0 aliphatic heterocycles. The Morgan fingerprint density at radius 3 is 2.57 bits per heavy atom. The summed E-state index contributed by atoms with van der Waals surface area (Å²) >= 11 is 6.27. The summed E-state index contributed by atoms with van der Waals surface area (Å²) in [5.74, 6) is 0. The fourth-order valence-electron chi connectivity index (χ4n) is 2.50. The van der Waals surface area contributed by atoms with Crippen molar-refractivity contribution in [3.63, 3.8) is 0 Å². The highest BCUT2D eigenvalue weighted by Gasteiger charge is 2.21. The van der Waals surface area contributed by atoms with Crippen LogP contribution in [0.1, 0.15) is 22.9 Å². The minimum atomic E-state index is -0.212. The number of aliphatic hydroxyl groups excluding tert-OH is 1. The third kappa shape index (κ3) is 3.55. The molecule has 4 nitrogen and oxygen atoms in total. The maximum absolute atomic E-state index is 9.24. The number of halogens is 1. The van der Waals surface area contributed by atoms with E-state index in [1.165, 1.54) is 0 Å². The van der Waals surface area contributed by atoms with E-state index in [0.29, 0.717) is 11.4 Å². The first kappa shape index (κ1) is 15.6. The summed E-state index contributed by atoms with van der Waals surface area (Å²) in [4.78, 5) is 0. The highest BCUT2D eigenvalue weighted by Crippen LogP contribution is 2.31. The van der Waals surface area contributed by atoms with Crippen molar-refractivity contribution in [3.05, 3.63) is 82.7 Å². The van der Waals surface area contributed by atoms with E-state index in [9.17, 15) is 5.11 Å². The van der Waals surface area contributed by atoms with E-state index in [4.69, 9.17) is 16.1 Å². The number of benzene rings is 2. The van der Waals surface area contributed by atoms with Crippen molar-refractivity contribution in [2.45, 2.75) is 12.5 Å². The molecule has 1 heterocycles. The average Bonchev–Trinajstić information content (AvgIpc) is 3.03. The van der Waals surface area contributed by atoms with Gasteiger partial charge in [0.1, 0.15) is 12.0 Å². The van der Waals surface area contributed by atoms with Gasteiger partial charge in [0.15, 0.2) is 0 Å². The molecule has 2 aromatic carbocycles. The lowest BCUT2D eigenvalue weighted by Gasteiger charge is -2.20. The van der Waals surface area contributed by atoms with Crippen LogP contribution in [0.25, 0.3) is 0 Å². The molecule has 0 fully saturated rings. The summed E-state index contributed by atoms with van der Waals surface area (Å²) in [5.41, 5.74) is 3.49. The Kier molecular flexibility index (Phi) is 4.95. The van der Waals surface area contributed by atoms with Crippen LogP contribution in [0, 0.1) is 0 Å². The molecule has 2 N–H and O–H groups in total. The molecule has 23 heavy (non-hydrogen) atoms. The van der Waals surface area contributed by atoms with Crippen LogP contribution in [0.5, 0.6) is 0 Å². The lowest BCUT2D eigenvalue weighted by molar-refractivity contribution is 0.299. The Labute approximate surface area is 139 Å². The smallest absolute Gasteiger partial charge is 0.127 e. The van der Waals surface area contributed by atoms with Crippen LogP contribution in [-0.4, -0.2) is 16.9 Å². The van der Waals surface area contributed by atoms with Crippen molar-refractivity contribution in [3.8, 4) is 0 Å². The van der Waals surface area contributed by atoms with E-state index < -0.39 is 0 Å². The Hall–Kier alpha value is -2.30. The van der Waals surface area contributed by atoms with Crippen LogP contribution >= 0.6 is 11.6 Å². The van der Waals surface area contributed by atoms with Crippen molar-refractivity contribution in [2.24, 2.45) is 0 Å². The SMILES string of the molecule is OCCc1conc1C(Nc1ccccc1Cl)c1ccccc1. The molecule has 1 unspecified atom stereocenters. The number of hydrogen-bond donors (Lipinski definition) is 2.